The van der Waals surface area contributed by atoms with Gasteiger partial charge in [0.2, 0.25) is 11.6 Å². The van der Waals surface area contributed by atoms with Crippen molar-refractivity contribution in [1.82, 2.24) is 25.4 Å². The van der Waals surface area contributed by atoms with Crippen molar-refractivity contribution in [3.05, 3.63) is 23.8 Å². The number of aliphatic hydroxyl groups excluding tert-OH is 1. The predicted octanol–water partition coefficient (Wildman–Crippen LogP) is 0.867. The fourth-order valence-electron chi connectivity index (χ4n) is 2.24. The van der Waals surface area contributed by atoms with Gasteiger partial charge in [0.25, 0.3) is 0 Å². The molecule has 3 aromatic rings. The first-order chi connectivity index (χ1) is 12.1. The van der Waals surface area contributed by atoms with Crippen molar-refractivity contribution >= 4 is 22.9 Å². The first-order valence-electron chi connectivity index (χ1n) is 7.67. The van der Waals surface area contributed by atoms with Gasteiger partial charge in [0, 0.05) is 18.7 Å². The van der Waals surface area contributed by atoms with Gasteiger partial charge in [-0.1, -0.05) is 12.1 Å². The number of para-hydroxylation sites is 1. The second-order valence-corrected chi connectivity index (χ2v) is 5.44. The van der Waals surface area contributed by atoms with Crippen LogP contribution in [0.2, 0.25) is 0 Å². The van der Waals surface area contributed by atoms with E-state index in [0.29, 0.717) is 47.3 Å². The number of aromatic nitrogens is 5. The average molecular weight is 345 g/mol. The lowest BCUT2D eigenvalue weighted by Gasteiger charge is -2.12. The summed E-state index contributed by atoms with van der Waals surface area (Å²) in [5.74, 6) is 1.23. The lowest BCUT2D eigenvalue weighted by Crippen LogP contribution is -2.17. The minimum absolute atomic E-state index is 0.0652. The normalized spacial score (nSPS) is 12.1. The van der Waals surface area contributed by atoms with Gasteiger partial charge in [0.15, 0.2) is 22.8 Å². The van der Waals surface area contributed by atoms with E-state index < -0.39 is 6.10 Å². The number of benzene rings is 1. The number of phenolic OH excluding ortho intramolecular Hbond substituents is 1. The van der Waals surface area contributed by atoms with Crippen LogP contribution in [0, 0.1) is 0 Å². The highest BCUT2D eigenvalue weighted by atomic mass is 16.5. The van der Waals surface area contributed by atoms with Crippen molar-refractivity contribution in [2.75, 3.05) is 24.3 Å². The molecule has 2 aromatic heterocycles. The molecule has 5 N–H and O–H groups in total. The number of hydrogen-bond acceptors (Lipinski definition) is 9. The molecule has 25 heavy (non-hydrogen) atoms. The zero-order valence-corrected chi connectivity index (χ0v) is 13.8. The van der Waals surface area contributed by atoms with Crippen LogP contribution in [0.15, 0.2) is 18.2 Å². The molecule has 2 heterocycles. The van der Waals surface area contributed by atoms with Gasteiger partial charge in [-0.15, -0.1) is 5.10 Å². The molecule has 0 saturated heterocycles. The summed E-state index contributed by atoms with van der Waals surface area (Å²) in [5, 5.41) is 36.1. The van der Waals surface area contributed by atoms with Gasteiger partial charge in [-0.25, -0.2) is 0 Å². The maximum Gasteiger partial charge on any atom is 0.227 e. The molecule has 0 bridgehead atoms. The first kappa shape index (κ1) is 16.7. The van der Waals surface area contributed by atoms with Gasteiger partial charge in [0.1, 0.15) is 0 Å². The number of methoxy groups -OCH3 is 1. The maximum atomic E-state index is 10.2. The van der Waals surface area contributed by atoms with E-state index in [1.807, 2.05) is 0 Å². The van der Waals surface area contributed by atoms with E-state index in [9.17, 15) is 10.2 Å². The number of nitrogens with one attached hydrogen (secondary N) is 3. The molecule has 0 aliphatic carbocycles. The molecule has 10 heteroatoms. The molecule has 1 aromatic carbocycles. The Kier molecular flexibility index (Phi) is 4.80. The largest absolute Gasteiger partial charge is 0.504 e. The van der Waals surface area contributed by atoms with Crippen molar-refractivity contribution in [1.29, 1.82) is 0 Å². The summed E-state index contributed by atoms with van der Waals surface area (Å²) in [7, 11) is 1.50. The standard InChI is InChI=1S/C15H19N7O3/c1-8(23)6-17-15-18-13(11-14(19-15)21-22-20-11)16-7-9-4-3-5-10(25-2)12(9)24/h3-5,8,23-24H,6-7H2,1-2H3,(H3,16,17,18,19,20,21,22). The Bertz CT molecular complexity index is 865. The Hall–Kier alpha value is -3.14. The van der Waals surface area contributed by atoms with Crippen molar-refractivity contribution < 1.29 is 14.9 Å². The molecule has 0 aliphatic heterocycles. The summed E-state index contributed by atoms with van der Waals surface area (Å²) < 4.78 is 5.10. The molecule has 132 valence electrons. The molecular weight excluding hydrogens is 326 g/mol. The van der Waals surface area contributed by atoms with Crippen LogP contribution in [0.3, 0.4) is 0 Å². The van der Waals surface area contributed by atoms with E-state index in [1.165, 1.54) is 7.11 Å². The van der Waals surface area contributed by atoms with Crippen LogP contribution in [-0.4, -0.2) is 55.4 Å². The summed E-state index contributed by atoms with van der Waals surface area (Å²) in [6.45, 7) is 2.27. The minimum atomic E-state index is -0.540. The lowest BCUT2D eigenvalue weighted by atomic mass is 10.2. The summed E-state index contributed by atoms with van der Waals surface area (Å²) >= 11 is 0. The maximum absolute atomic E-state index is 10.2. The predicted molar refractivity (Wildman–Crippen MR) is 91.6 cm³/mol. The van der Waals surface area contributed by atoms with Gasteiger partial charge < -0.3 is 25.6 Å². The molecular formula is C15H19N7O3. The Morgan fingerprint density at radius 1 is 1.24 bits per heavy atom. The molecule has 0 spiro atoms. The number of phenols is 1. The van der Waals surface area contributed by atoms with E-state index in [-0.39, 0.29) is 5.75 Å². The minimum Gasteiger partial charge on any atom is -0.504 e. The number of nitrogens with zero attached hydrogens (tertiary/aromatic N) is 4. The number of aliphatic hydroxyl groups is 1. The quantitative estimate of drug-likeness (QED) is 0.421. The fourth-order valence-corrected chi connectivity index (χ4v) is 2.24. The van der Waals surface area contributed by atoms with Crippen LogP contribution in [-0.2, 0) is 6.54 Å². The number of rotatable bonds is 7. The van der Waals surface area contributed by atoms with Crippen LogP contribution in [0.25, 0.3) is 11.2 Å². The van der Waals surface area contributed by atoms with Gasteiger partial charge in [0.05, 0.1) is 13.2 Å². The Morgan fingerprint density at radius 3 is 2.84 bits per heavy atom. The molecule has 1 atom stereocenters. The van der Waals surface area contributed by atoms with Crippen LogP contribution in [0.5, 0.6) is 11.5 Å². The van der Waals surface area contributed by atoms with Gasteiger partial charge in [-0.05, 0) is 13.0 Å². The van der Waals surface area contributed by atoms with Crippen LogP contribution < -0.4 is 15.4 Å². The number of aromatic hydroxyl groups is 1. The van der Waals surface area contributed by atoms with Crippen LogP contribution >= 0.6 is 0 Å². The molecule has 0 fully saturated rings. The van der Waals surface area contributed by atoms with E-state index in [4.69, 9.17) is 4.74 Å². The van der Waals surface area contributed by atoms with Crippen molar-refractivity contribution in [3.63, 3.8) is 0 Å². The molecule has 1 unspecified atom stereocenters. The third-order valence-corrected chi connectivity index (χ3v) is 3.49. The molecule has 0 radical (unpaired) electrons. The molecule has 0 aliphatic rings. The third-order valence-electron chi connectivity index (χ3n) is 3.49. The topological polar surface area (TPSA) is 141 Å². The second-order valence-electron chi connectivity index (χ2n) is 5.44. The number of ether oxygens (including phenoxy) is 1. The highest BCUT2D eigenvalue weighted by Gasteiger charge is 2.13. The summed E-state index contributed by atoms with van der Waals surface area (Å²) in [4.78, 5) is 8.57. The smallest absolute Gasteiger partial charge is 0.227 e. The fraction of sp³-hybridized carbons (Fsp3) is 0.333. The monoisotopic (exact) mass is 345 g/mol. The van der Waals surface area contributed by atoms with E-state index >= 15 is 0 Å². The SMILES string of the molecule is COc1cccc(CNc2nc(NCC(C)O)nc3n[nH]nc23)c1O. The Labute approximate surface area is 143 Å². The zero-order valence-electron chi connectivity index (χ0n) is 13.8. The van der Waals surface area contributed by atoms with Gasteiger partial charge in [-0.2, -0.15) is 20.3 Å². The molecule has 10 nitrogen and oxygen atoms in total. The molecule has 0 saturated carbocycles. The number of hydrogen-bond donors (Lipinski definition) is 5. The summed E-state index contributed by atoms with van der Waals surface area (Å²) in [5.41, 5.74) is 1.51. The van der Waals surface area contributed by atoms with Crippen LogP contribution in [0.1, 0.15) is 12.5 Å². The Morgan fingerprint density at radius 2 is 2.08 bits per heavy atom. The molecule has 0 amide bonds. The number of H-pyrrole nitrogens is 1. The van der Waals surface area contributed by atoms with Crippen molar-refractivity contribution in [2.24, 2.45) is 0 Å². The van der Waals surface area contributed by atoms with Crippen molar-refractivity contribution in [3.8, 4) is 11.5 Å². The van der Waals surface area contributed by atoms with Gasteiger partial charge >= 0.3 is 0 Å². The first-order valence-corrected chi connectivity index (χ1v) is 7.67. The van der Waals surface area contributed by atoms with Crippen LogP contribution in [0.4, 0.5) is 11.8 Å². The second kappa shape index (κ2) is 7.18. The van der Waals surface area contributed by atoms with Crippen molar-refractivity contribution in [2.45, 2.75) is 19.6 Å². The van der Waals surface area contributed by atoms with E-state index in [0.717, 1.165) is 0 Å². The zero-order chi connectivity index (χ0) is 17.8. The summed E-state index contributed by atoms with van der Waals surface area (Å²) in [6.07, 6.45) is -0.540. The van der Waals surface area contributed by atoms with Gasteiger partial charge in [-0.3, -0.25) is 0 Å². The summed E-state index contributed by atoms with van der Waals surface area (Å²) in [6, 6.07) is 5.24. The molecule has 3 rings (SSSR count). The van der Waals surface area contributed by atoms with E-state index in [1.54, 1.807) is 25.1 Å². The number of fused-ring (bicyclic) bond motifs is 1. The lowest BCUT2D eigenvalue weighted by molar-refractivity contribution is 0.208. The number of aromatic amines is 1. The highest BCUT2D eigenvalue weighted by Crippen LogP contribution is 2.30. The average Bonchev–Trinajstić information content (AvgIpc) is 3.07. The third kappa shape index (κ3) is 3.69. The number of anilines is 2. The van der Waals surface area contributed by atoms with E-state index in [2.05, 4.69) is 36.0 Å². The Balaban J connectivity index is 1.84. The highest BCUT2D eigenvalue weighted by molar-refractivity contribution is 5.83.